The molecule has 2 aliphatic rings. The molecule has 0 spiro atoms. The molecule has 12 nitrogen and oxygen atoms in total. The van der Waals surface area contributed by atoms with E-state index < -0.39 is 42.0 Å². The van der Waals surface area contributed by atoms with Crippen LogP contribution >= 0.6 is 0 Å². The van der Waals surface area contributed by atoms with E-state index in [-0.39, 0.29) is 25.9 Å². The molecule has 260 valence electrons. The smallest absolute Gasteiger partial charge is 0.408 e. The van der Waals surface area contributed by atoms with Gasteiger partial charge in [-0.3, -0.25) is 9.59 Å². The summed E-state index contributed by atoms with van der Waals surface area (Å²) in [6.07, 6.45) is -0.645. The number of nitrogens with one attached hydrogen (secondary N) is 3. The van der Waals surface area contributed by atoms with Crippen molar-refractivity contribution in [1.29, 1.82) is 0 Å². The second-order valence-electron chi connectivity index (χ2n) is 11.6. The summed E-state index contributed by atoms with van der Waals surface area (Å²) in [5.41, 5.74) is 2.84. The molecular weight excluding hydrogens is 642 g/mol. The first-order valence-electron chi connectivity index (χ1n) is 16.0. The molecule has 0 saturated carbocycles. The fourth-order valence-corrected chi connectivity index (χ4v) is 5.42. The Hall–Kier alpha value is -6.04. The monoisotopic (exact) mass is 681 g/mol. The second-order valence-corrected chi connectivity index (χ2v) is 11.6. The third kappa shape index (κ3) is 9.53. The van der Waals surface area contributed by atoms with Crippen LogP contribution in [0.4, 0.5) is 4.79 Å². The Morgan fingerprint density at radius 3 is 2.18 bits per heavy atom. The predicted molar refractivity (Wildman–Crippen MR) is 183 cm³/mol. The minimum atomic E-state index is -1.18. The summed E-state index contributed by atoms with van der Waals surface area (Å²) in [6, 6.07) is 25.0. The summed E-state index contributed by atoms with van der Waals surface area (Å²) < 4.78 is 27.4. The van der Waals surface area contributed by atoms with Crippen LogP contribution in [0.5, 0.6) is 23.0 Å². The molecule has 3 atom stereocenters. The van der Waals surface area contributed by atoms with Gasteiger partial charge in [0, 0.05) is 19.3 Å². The molecule has 0 aliphatic carbocycles. The zero-order chi connectivity index (χ0) is 35.5. The fourth-order valence-electron chi connectivity index (χ4n) is 5.42. The molecule has 3 amide bonds. The average Bonchev–Trinajstić information content (AvgIpc) is 3.14. The number of amides is 3. The number of rotatable bonds is 8. The van der Waals surface area contributed by atoms with Gasteiger partial charge in [-0.25, -0.2) is 9.59 Å². The number of esters is 1. The van der Waals surface area contributed by atoms with Crippen molar-refractivity contribution in [3.05, 3.63) is 119 Å². The van der Waals surface area contributed by atoms with Crippen LogP contribution in [-0.2, 0) is 49.7 Å². The van der Waals surface area contributed by atoms with E-state index >= 15 is 0 Å². The lowest BCUT2D eigenvalue weighted by atomic mass is 10.0. The van der Waals surface area contributed by atoms with Gasteiger partial charge in [0.15, 0.2) is 11.5 Å². The molecule has 0 unspecified atom stereocenters. The van der Waals surface area contributed by atoms with Crippen LogP contribution < -0.4 is 30.2 Å². The molecule has 12 heteroatoms. The first kappa shape index (κ1) is 35.3. The van der Waals surface area contributed by atoms with Gasteiger partial charge in [0.05, 0.1) is 21.3 Å². The molecule has 3 N–H and O–H groups in total. The Bertz CT molecular complexity index is 1780. The summed E-state index contributed by atoms with van der Waals surface area (Å²) in [6.45, 7) is -0.0163. The van der Waals surface area contributed by atoms with Gasteiger partial charge in [0.2, 0.25) is 11.8 Å². The minimum absolute atomic E-state index is 0.00717. The van der Waals surface area contributed by atoms with Crippen molar-refractivity contribution in [3.8, 4) is 23.0 Å². The van der Waals surface area contributed by atoms with E-state index in [1.807, 2.05) is 30.3 Å². The number of alkyl carbamates (subject to hydrolysis) is 1. The average molecular weight is 682 g/mol. The van der Waals surface area contributed by atoms with Gasteiger partial charge in [0.1, 0.15) is 36.2 Å². The third-order valence-electron chi connectivity index (χ3n) is 8.11. The molecular formula is C38H39N3O9. The maximum absolute atomic E-state index is 14.1. The molecule has 0 aromatic heterocycles. The first-order chi connectivity index (χ1) is 24.2. The molecule has 4 bridgehead atoms. The number of hydrogen-bond donors (Lipinski definition) is 3. The van der Waals surface area contributed by atoms with E-state index in [4.69, 9.17) is 23.7 Å². The van der Waals surface area contributed by atoms with Crippen molar-refractivity contribution in [3.63, 3.8) is 0 Å². The number of ether oxygens (including phenoxy) is 5. The Labute approximate surface area is 290 Å². The zero-order valence-electron chi connectivity index (χ0n) is 28.0. The van der Waals surface area contributed by atoms with Gasteiger partial charge >= 0.3 is 12.1 Å². The van der Waals surface area contributed by atoms with Crippen LogP contribution in [-0.4, -0.2) is 63.3 Å². The largest absolute Gasteiger partial charge is 0.497 e. The summed E-state index contributed by atoms with van der Waals surface area (Å²) in [5.74, 6) is 0.0116. The Morgan fingerprint density at radius 2 is 1.50 bits per heavy atom. The van der Waals surface area contributed by atoms with Crippen molar-refractivity contribution in [2.75, 3.05) is 21.3 Å². The van der Waals surface area contributed by atoms with Gasteiger partial charge in [0.25, 0.3) is 0 Å². The number of hydrogen-bond acceptors (Lipinski definition) is 9. The van der Waals surface area contributed by atoms with Crippen molar-refractivity contribution >= 4 is 23.9 Å². The quantitative estimate of drug-likeness (QED) is 0.232. The number of fused-ring (bicyclic) bond motifs is 10. The van der Waals surface area contributed by atoms with E-state index in [2.05, 4.69) is 16.0 Å². The molecule has 0 radical (unpaired) electrons. The highest BCUT2D eigenvalue weighted by atomic mass is 16.5. The molecule has 50 heavy (non-hydrogen) atoms. The number of benzene rings is 4. The number of methoxy groups -OCH3 is 3. The molecule has 6 rings (SSSR count). The van der Waals surface area contributed by atoms with Crippen molar-refractivity contribution in [1.82, 2.24) is 16.0 Å². The van der Waals surface area contributed by atoms with Gasteiger partial charge < -0.3 is 39.6 Å². The van der Waals surface area contributed by atoms with Gasteiger partial charge in [-0.15, -0.1) is 0 Å². The van der Waals surface area contributed by atoms with Crippen molar-refractivity contribution in [2.45, 2.75) is 44.0 Å². The Kier molecular flexibility index (Phi) is 11.9. The van der Waals surface area contributed by atoms with E-state index in [0.717, 1.165) is 11.1 Å². The third-order valence-corrected chi connectivity index (χ3v) is 8.11. The number of carbonyl (C=O) groups excluding carboxylic acids is 4. The van der Waals surface area contributed by atoms with Crippen LogP contribution in [0.25, 0.3) is 0 Å². The number of carbonyl (C=O) groups is 4. The van der Waals surface area contributed by atoms with E-state index in [1.165, 1.54) is 14.2 Å². The molecule has 4 aromatic carbocycles. The van der Waals surface area contributed by atoms with E-state index in [1.54, 1.807) is 73.8 Å². The lowest BCUT2D eigenvalue weighted by Crippen LogP contribution is -2.57. The molecule has 2 heterocycles. The standard InChI is InChI=1S/C38H39N3O9/c1-46-28-14-9-24(10-15-28)19-30-35(42)40-32(37(44)48-3)20-25-11-16-29(17-12-25)50-34-22-27(13-18-33(34)47-2)21-31(36(43)39-30)41-38(45)49-23-26-7-5-4-6-8-26/h4-18,22,30-32H,19-21,23H2,1-3H3,(H,39,43)(H,40,42)(H,41,45)/t30-,31-,32-/m0/s1. The lowest BCUT2D eigenvalue weighted by molar-refractivity contribution is -0.145. The molecule has 0 saturated heterocycles. The van der Waals surface area contributed by atoms with Crippen molar-refractivity contribution < 1.29 is 42.9 Å². The maximum Gasteiger partial charge on any atom is 0.408 e. The van der Waals surface area contributed by atoms with Gasteiger partial charge in [-0.1, -0.05) is 60.7 Å². The SMILES string of the molecule is COC(=O)[C@@H]1Cc2ccc(cc2)Oc2cc(ccc2OC)C[C@H](NC(=O)OCc2ccccc2)C(=O)N[C@@H](Cc2ccc(OC)cc2)C(=O)N1. The van der Waals surface area contributed by atoms with Gasteiger partial charge in [-0.2, -0.15) is 0 Å². The van der Waals surface area contributed by atoms with Crippen LogP contribution in [0, 0.1) is 0 Å². The maximum atomic E-state index is 14.1. The molecule has 4 aromatic rings. The summed E-state index contributed by atoms with van der Waals surface area (Å²) in [5, 5.41) is 8.24. The summed E-state index contributed by atoms with van der Waals surface area (Å²) in [7, 11) is 4.29. The highest BCUT2D eigenvalue weighted by molar-refractivity contribution is 5.93. The molecule has 2 aliphatic heterocycles. The van der Waals surface area contributed by atoms with Crippen LogP contribution in [0.1, 0.15) is 22.3 Å². The normalized spacial score (nSPS) is 17.6. The van der Waals surface area contributed by atoms with Crippen LogP contribution in [0.3, 0.4) is 0 Å². The lowest BCUT2D eigenvalue weighted by Gasteiger charge is -2.25. The molecule has 0 fully saturated rings. The fraction of sp³-hybridized carbons (Fsp3) is 0.263. The van der Waals surface area contributed by atoms with Gasteiger partial charge in [-0.05, 0) is 58.7 Å². The summed E-state index contributed by atoms with van der Waals surface area (Å²) in [4.78, 5) is 53.9. The predicted octanol–water partition coefficient (Wildman–Crippen LogP) is 4.28. The Balaban J connectivity index is 1.51. The second kappa shape index (κ2) is 16.9. The highest BCUT2D eigenvalue weighted by Gasteiger charge is 2.31. The summed E-state index contributed by atoms with van der Waals surface area (Å²) >= 11 is 0. The first-order valence-corrected chi connectivity index (χ1v) is 16.0. The van der Waals surface area contributed by atoms with E-state index in [0.29, 0.717) is 34.1 Å². The van der Waals surface area contributed by atoms with Crippen molar-refractivity contribution in [2.24, 2.45) is 0 Å². The zero-order valence-corrected chi connectivity index (χ0v) is 28.0. The topological polar surface area (TPSA) is 151 Å². The highest BCUT2D eigenvalue weighted by Crippen LogP contribution is 2.33. The minimum Gasteiger partial charge on any atom is -0.497 e. The van der Waals surface area contributed by atoms with Crippen LogP contribution in [0.15, 0.2) is 97.1 Å². The Morgan fingerprint density at radius 1 is 0.780 bits per heavy atom. The van der Waals surface area contributed by atoms with E-state index in [9.17, 15) is 19.2 Å². The van der Waals surface area contributed by atoms with Crippen LogP contribution in [0.2, 0.25) is 0 Å².